The molecule has 170 valence electrons. The average Bonchev–Trinajstić information content (AvgIpc) is 2.85. The fraction of sp³-hybridized carbons (Fsp3) is 0.269. The second-order valence-corrected chi connectivity index (χ2v) is 8.71. The first-order valence-corrected chi connectivity index (χ1v) is 11.5. The predicted molar refractivity (Wildman–Crippen MR) is 132 cm³/mol. The van der Waals surface area contributed by atoms with E-state index in [1.165, 1.54) is 0 Å². The van der Waals surface area contributed by atoms with Gasteiger partial charge in [0.2, 0.25) is 5.91 Å². The van der Waals surface area contributed by atoms with E-state index >= 15 is 0 Å². The Bertz CT molecular complexity index is 1100. The Labute approximate surface area is 199 Å². The highest BCUT2D eigenvalue weighted by molar-refractivity contribution is 6.30. The molecule has 2 N–H and O–H groups in total. The van der Waals surface area contributed by atoms with Gasteiger partial charge in [0.05, 0.1) is 11.1 Å². The third-order valence-electron chi connectivity index (χ3n) is 5.94. The number of amides is 2. The minimum absolute atomic E-state index is 0.0306. The van der Waals surface area contributed by atoms with E-state index in [9.17, 15) is 9.59 Å². The number of aromatic nitrogens is 1. The molecule has 0 aliphatic carbocycles. The number of carbonyl (C=O) groups excluding carboxylic acids is 2. The number of pyridine rings is 1. The molecule has 33 heavy (non-hydrogen) atoms. The Kier molecular flexibility index (Phi) is 7.25. The van der Waals surface area contributed by atoms with Crippen molar-refractivity contribution in [1.82, 2.24) is 10.3 Å². The number of anilines is 2. The van der Waals surface area contributed by atoms with Crippen molar-refractivity contribution in [3.63, 3.8) is 0 Å². The summed E-state index contributed by atoms with van der Waals surface area (Å²) in [6.45, 7) is 3.52. The third kappa shape index (κ3) is 5.90. The number of hydrogen-bond acceptors (Lipinski definition) is 4. The van der Waals surface area contributed by atoms with Crippen molar-refractivity contribution >= 4 is 34.9 Å². The molecule has 4 rings (SSSR count). The molecule has 0 radical (unpaired) electrons. The van der Waals surface area contributed by atoms with Crippen molar-refractivity contribution in [3.05, 3.63) is 89.1 Å². The van der Waals surface area contributed by atoms with Gasteiger partial charge in [0.1, 0.15) is 5.82 Å². The van der Waals surface area contributed by atoms with Gasteiger partial charge in [-0.25, -0.2) is 4.98 Å². The first-order valence-electron chi connectivity index (χ1n) is 11.1. The van der Waals surface area contributed by atoms with E-state index in [1.54, 1.807) is 18.3 Å². The van der Waals surface area contributed by atoms with E-state index in [-0.39, 0.29) is 23.8 Å². The Hall–Kier alpha value is -3.38. The molecule has 1 atom stereocenters. The molecule has 2 heterocycles. The number of rotatable bonds is 6. The first-order chi connectivity index (χ1) is 16.0. The van der Waals surface area contributed by atoms with Gasteiger partial charge in [0, 0.05) is 36.5 Å². The van der Waals surface area contributed by atoms with Crippen molar-refractivity contribution in [2.24, 2.45) is 5.92 Å². The number of benzene rings is 2. The van der Waals surface area contributed by atoms with E-state index < -0.39 is 0 Å². The molecule has 2 amide bonds. The molecule has 1 aliphatic heterocycles. The summed E-state index contributed by atoms with van der Waals surface area (Å²) >= 11 is 5.92. The van der Waals surface area contributed by atoms with Gasteiger partial charge in [0.25, 0.3) is 5.91 Å². The van der Waals surface area contributed by atoms with Crippen molar-refractivity contribution in [3.8, 4) is 0 Å². The summed E-state index contributed by atoms with van der Waals surface area (Å²) in [5.41, 5.74) is 2.24. The number of nitrogens with zero attached hydrogens (tertiary/aromatic N) is 2. The van der Waals surface area contributed by atoms with E-state index in [0.717, 1.165) is 37.3 Å². The lowest BCUT2D eigenvalue weighted by Crippen LogP contribution is -2.41. The van der Waals surface area contributed by atoms with E-state index in [0.29, 0.717) is 16.3 Å². The van der Waals surface area contributed by atoms with Crippen molar-refractivity contribution < 1.29 is 9.59 Å². The van der Waals surface area contributed by atoms with Gasteiger partial charge in [0.15, 0.2) is 0 Å². The van der Waals surface area contributed by atoms with Gasteiger partial charge in [-0.3, -0.25) is 9.59 Å². The van der Waals surface area contributed by atoms with E-state index in [4.69, 9.17) is 11.6 Å². The molecule has 2 aromatic carbocycles. The summed E-state index contributed by atoms with van der Waals surface area (Å²) in [7, 11) is 0. The normalized spacial score (nSPS) is 15.0. The quantitative estimate of drug-likeness (QED) is 0.535. The van der Waals surface area contributed by atoms with Crippen LogP contribution >= 0.6 is 11.6 Å². The molecule has 0 spiro atoms. The number of halogens is 1. The number of piperidine rings is 1. The monoisotopic (exact) mass is 462 g/mol. The molecule has 1 unspecified atom stereocenters. The highest BCUT2D eigenvalue weighted by Gasteiger charge is 2.26. The lowest BCUT2D eigenvalue weighted by Gasteiger charge is -2.32. The lowest BCUT2D eigenvalue weighted by molar-refractivity contribution is -0.126. The fourth-order valence-electron chi connectivity index (χ4n) is 4.02. The standard InChI is InChI=1S/C26H27ClN4O2/c1-18(21-8-5-9-23(16-21)30-26(33)19-6-3-2-4-7-19)29-25(32)20-12-14-31(15-13-20)24-11-10-22(27)17-28-24/h2-11,16-18,20H,12-15H2,1H3,(H,29,32)(H,30,33). The highest BCUT2D eigenvalue weighted by atomic mass is 35.5. The second kappa shape index (κ2) is 10.5. The molecule has 3 aromatic rings. The van der Waals surface area contributed by atoms with Crippen LogP contribution in [-0.4, -0.2) is 29.9 Å². The Morgan fingerprint density at radius 1 is 1.03 bits per heavy atom. The summed E-state index contributed by atoms with van der Waals surface area (Å²) in [5.74, 6) is 0.759. The number of nitrogens with one attached hydrogen (secondary N) is 2. The summed E-state index contributed by atoms with van der Waals surface area (Å²) in [6, 6.07) is 20.3. The molecular weight excluding hydrogens is 436 g/mol. The molecule has 6 nitrogen and oxygen atoms in total. The van der Waals surface area contributed by atoms with Gasteiger partial charge in [-0.15, -0.1) is 0 Å². The van der Waals surface area contributed by atoms with Crippen LogP contribution in [0, 0.1) is 5.92 Å². The van der Waals surface area contributed by atoms with Crippen LogP contribution in [0.25, 0.3) is 0 Å². The van der Waals surface area contributed by atoms with E-state index in [2.05, 4.69) is 20.5 Å². The van der Waals surface area contributed by atoms with Crippen LogP contribution in [0.1, 0.15) is 41.7 Å². The lowest BCUT2D eigenvalue weighted by atomic mass is 9.95. The topological polar surface area (TPSA) is 74.3 Å². The van der Waals surface area contributed by atoms with Gasteiger partial charge in [-0.05, 0) is 61.7 Å². The molecule has 7 heteroatoms. The number of carbonyl (C=O) groups is 2. The van der Waals surface area contributed by atoms with E-state index in [1.807, 2.05) is 61.5 Å². The van der Waals surface area contributed by atoms with Crippen LogP contribution in [0.15, 0.2) is 72.9 Å². The third-order valence-corrected chi connectivity index (χ3v) is 6.16. The maximum atomic E-state index is 12.9. The maximum absolute atomic E-state index is 12.9. The largest absolute Gasteiger partial charge is 0.357 e. The Balaban J connectivity index is 1.31. The summed E-state index contributed by atoms with van der Waals surface area (Å²) < 4.78 is 0. The summed E-state index contributed by atoms with van der Waals surface area (Å²) in [5, 5.41) is 6.68. The fourth-order valence-corrected chi connectivity index (χ4v) is 4.13. The zero-order valence-corrected chi connectivity index (χ0v) is 19.3. The predicted octanol–water partition coefficient (Wildman–Crippen LogP) is 5.08. The molecular formula is C26H27ClN4O2. The van der Waals surface area contributed by atoms with Crippen molar-refractivity contribution in [2.45, 2.75) is 25.8 Å². The van der Waals surface area contributed by atoms with Crippen LogP contribution in [0.5, 0.6) is 0 Å². The Morgan fingerprint density at radius 2 is 1.79 bits per heavy atom. The first kappa shape index (κ1) is 22.8. The second-order valence-electron chi connectivity index (χ2n) is 8.27. The Morgan fingerprint density at radius 3 is 2.48 bits per heavy atom. The molecule has 0 bridgehead atoms. The molecule has 1 aliphatic rings. The van der Waals surface area contributed by atoms with Crippen LogP contribution in [0.4, 0.5) is 11.5 Å². The molecule has 1 fully saturated rings. The van der Waals surface area contributed by atoms with Crippen LogP contribution in [-0.2, 0) is 4.79 Å². The van der Waals surface area contributed by atoms with Crippen LogP contribution < -0.4 is 15.5 Å². The highest BCUT2D eigenvalue weighted by Crippen LogP contribution is 2.24. The minimum atomic E-state index is -0.165. The minimum Gasteiger partial charge on any atom is -0.357 e. The summed E-state index contributed by atoms with van der Waals surface area (Å²) in [4.78, 5) is 31.9. The van der Waals surface area contributed by atoms with Gasteiger partial charge in [-0.1, -0.05) is 41.9 Å². The van der Waals surface area contributed by atoms with Gasteiger partial charge < -0.3 is 15.5 Å². The molecule has 1 aromatic heterocycles. The summed E-state index contributed by atoms with van der Waals surface area (Å²) in [6.07, 6.45) is 3.19. The zero-order valence-electron chi connectivity index (χ0n) is 18.5. The molecule has 1 saturated heterocycles. The van der Waals surface area contributed by atoms with Gasteiger partial charge >= 0.3 is 0 Å². The smallest absolute Gasteiger partial charge is 0.255 e. The zero-order chi connectivity index (χ0) is 23.2. The maximum Gasteiger partial charge on any atom is 0.255 e. The van der Waals surface area contributed by atoms with Crippen LogP contribution in [0.3, 0.4) is 0 Å². The van der Waals surface area contributed by atoms with Crippen LogP contribution in [0.2, 0.25) is 5.02 Å². The average molecular weight is 463 g/mol. The van der Waals surface area contributed by atoms with Crippen molar-refractivity contribution in [1.29, 1.82) is 0 Å². The van der Waals surface area contributed by atoms with Crippen molar-refractivity contribution in [2.75, 3.05) is 23.3 Å². The number of hydrogen-bond donors (Lipinski definition) is 2. The SMILES string of the molecule is CC(NC(=O)C1CCN(c2ccc(Cl)cn2)CC1)c1cccc(NC(=O)c2ccccc2)c1. The van der Waals surface area contributed by atoms with Gasteiger partial charge in [-0.2, -0.15) is 0 Å². The molecule has 0 saturated carbocycles.